The molecule has 0 spiro atoms. The van der Waals surface area contributed by atoms with Crippen LogP contribution in [-0.4, -0.2) is 32.5 Å². The maximum atomic E-state index is 11.5. The van der Waals surface area contributed by atoms with Gasteiger partial charge in [0.05, 0.1) is 12.5 Å². The summed E-state index contributed by atoms with van der Waals surface area (Å²) in [5.74, 6) is -1.53. The fourth-order valence-corrected chi connectivity index (χ4v) is 0.991. The van der Waals surface area contributed by atoms with Gasteiger partial charge in [0, 0.05) is 0 Å². The van der Waals surface area contributed by atoms with Crippen molar-refractivity contribution in [1.29, 1.82) is 0 Å². The number of carboxylic acid groups (broad SMARTS) is 1. The Hall–Kier alpha value is -1.85. The number of carboxylic acids is 1. The van der Waals surface area contributed by atoms with Crippen molar-refractivity contribution in [3.05, 3.63) is 18.2 Å². The second-order valence-corrected chi connectivity index (χ2v) is 3.41. The van der Waals surface area contributed by atoms with Crippen molar-refractivity contribution >= 4 is 11.9 Å². The van der Waals surface area contributed by atoms with Gasteiger partial charge in [-0.3, -0.25) is 4.79 Å². The number of carbonyl (C=O) groups is 2. The molecule has 3 N–H and O–H groups in total. The quantitative estimate of drug-likeness (QED) is 0.671. The monoisotopic (exact) mass is 211 g/mol. The average molecular weight is 211 g/mol. The Labute approximate surface area is 86.7 Å². The van der Waals surface area contributed by atoms with E-state index in [1.165, 1.54) is 19.4 Å². The molecule has 1 unspecified atom stereocenters. The van der Waals surface area contributed by atoms with Gasteiger partial charge < -0.3 is 15.4 Å². The van der Waals surface area contributed by atoms with Gasteiger partial charge in [0.25, 0.3) is 5.91 Å². The number of nitrogens with one attached hydrogen (secondary N) is 2. The predicted octanol–water partition coefficient (Wildman–Crippen LogP) is 0.393. The van der Waals surface area contributed by atoms with Crippen LogP contribution in [0.2, 0.25) is 0 Å². The number of rotatable bonds is 4. The normalized spacial score (nSPS) is 14.3. The molecule has 0 bridgehead atoms. The zero-order valence-corrected chi connectivity index (χ0v) is 8.57. The number of carbonyl (C=O) groups excluding carboxylic acids is 1. The van der Waals surface area contributed by atoms with Crippen molar-refractivity contribution in [3.8, 4) is 0 Å². The molecule has 0 aliphatic carbocycles. The Kier molecular flexibility index (Phi) is 3.08. The molecule has 0 saturated heterocycles. The lowest BCUT2D eigenvalue weighted by molar-refractivity contribution is -0.143. The van der Waals surface area contributed by atoms with Crippen LogP contribution in [0, 0.1) is 0 Å². The first-order valence-electron chi connectivity index (χ1n) is 4.54. The number of nitrogens with zero attached hydrogens (tertiary/aromatic N) is 1. The van der Waals surface area contributed by atoms with E-state index in [1.807, 2.05) is 0 Å². The molecule has 1 heterocycles. The van der Waals surface area contributed by atoms with Crippen LogP contribution >= 0.6 is 0 Å². The molecule has 1 aromatic heterocycles. The van der Waals surface area contributed by atoms with E-state index in [-0.39, 0.29) is 5.69 Å². The van der Waals surface area contributed by atoms with Gasteiger partial charge in [0.2, 0.25) is 0 Å². The van der Waals surface area contributed by atoms with Gasteiger partial charge in [-0.15, -0.1) is 0 Å². The summed E-state index contributed by atoms with van der Waals surface area (Å²) in [7, 11) is 0. The summed E-state index contributed by atoms with van der Waals surface area (Å²) in [6, 6.07) is 0. The minimum atomic E-state index is -1.25. The highest BCUT2D eigenvalue weighted by atomic mass is 16.4. The summed E-state index contributed by atoms with van der Waals surface area (Å²) in [5, 5.41) is 11.4. The molecule has 15 heavy (non-hydrogen) atoms. The number of aromatic nitrogens is 2. The molecule has 82 valence electrons. The Bertz CT molecular complexity index is 361. The molecular formula is C9H13N3O3. The molecule has 0 saturated carbocycles. The number of hydrogen-bond donors (Lipinski definition) is 3. The fraction of sp³-hybridized carbons (Fsp3) is 0.444. The molecule has 6 nitrogen and oxygen atoms in total. The highest BCUT2D eigenvalue weighted by Crippen LogP contribution is 2.10. The van der Waals surface area contributed by atoms with Gasteiger partial charge in [0.15, 0.2) is 0 Å². The van der Waals surface area contributed by atoms with Crippen LogP contribution < -0.4 is 5.32 Å². The molecule has 1 aromatic rings. The van der Waals surface area contributed by atoms with Crippen molar-refractivity contribution in [2.24, 2.45) is 0 Å². The van der Waals surface area contributed by atoms with Crippen LogP contribution in [-0.2, 0) is 4.79 Å². The van der Waals surface area contributed by atoms with Crippen LogP contribution in [0.25, 0.3) is 0 Å². The molecule has 0 aliphatic heterocycles. The second kappa shape index (κ2) is 4.12. The van der Waals surface area contributed by atoms with E-state index in [1.54, 1.807) is 6.92 Å². The zero-order valence-electron chi connectivity index (χ0n) is 8.57. The third-order valence-electron chi connectivity index (χ3n) is 2.31. The largest absolute Gasteiger partial charge is 0.480 e. The molecule has 0 fully saturated rings. The van der Waals surface area contributed by atoms with E-state index in [4.69, 9.17) is 5.11 Å². The van der Waals surface area contributed by atoms with Gasteiger partial charge in [-0.1, -0.05) is 6.92 Å². The van der Waals surface area contributed by atoms with Crippen LogP contribution in [0.3, 0.4) is 0 Å². The first-order chi connectivity index (χ1) is 6.99. The highest BCUT2D eigenvalue weighted by Gasteiger charge is 2.33. The second-order valence-electron chi connectivity index (χ2n) is 3.41. The van der Waals surface area contributed by atoms with Crippen LogP contribution in [0.15, 0.2) is 12.5 Å². The van der Waals surface area contributed by atoms with Gasteiger partial charge in [-0.2, -0.15) is 0 Å². The lowest BCUT2D eigenvalue weighted by Gasteiger charge is -2.23. The fourth-order valence-electron chi connectivity index (χ4n) is 0.991. The Morgan fingerprint density at radius 2 is 2.33 bits per heavy atom. The Balaban J connectivity index is 2.77. The summed E-state index contributed by atoms with van der Waals surface area (Å²) in [4.78, 5) is 28.7. The molecular weight excluding hydrogens is 198 g/mol. The summed E-state index contributed by atoms with van der Waals surface area (Å²) < 4.78 is 0. The van der Waals surface area contributed by atoms with Crippen molar-refractivity contribution in [2.45, 2.75) is 25.8 Å². The summed E-state index contributed by atoms with van der Waals surface area (Å²) >= 11 is 0. The maximum Gasteiger partial charge on any atom is 0.329 e. The minimum absolute atomic E-state index is 0.246. The third-order valence-corrected chi connectivity index (χ3v) is 2.31. The van der Waals surface area contributed by atoms with Crippen LogP contribution in [0.5, 0.6) is 0 Å². The minimum Gasteiger partial charge on any atom is -0.480 e. The van der Waals surface area contributed by atoms with Gasteiger partial charge in [-0.25, -0.2) is 9.78 Å². The molecule has 1 atom stereocenters. The first kappa shape index (κ1) is 11.2. The van der Waals surface area contributed by atoms with Crippen molar-refractivity contribution in [1.82, 2.24) is 15.3 Å². The van der Waals surface area contributed by atoms with Gasteiger partial charge >= 0.3 is 5.97 Å². The highest BCUT2D eigenvalue weighted by molar-refractivity contribution is 5.96. The third kappa shape index (κ3) is 2.34. The maximum absolute atomic E-state index is 11.5. The number of H-pyrrole nitrogens is 1. The van der Waals surface area contributed by atoms with Crippen LogP contribution in [0.4, 0.5) is 0 Å². The van der Waals surface area contributed by atoms with E-state index >= 15 is 0 Å². The topological polar surface area (TPSA) is 95.1 Å². The summed E-state index contributed by atoms with van der Waals surface area (Å²) in [5.41, 5.74) is -1.00. The summed E-state index contributed by atoms with van der Waals surface area (Å²) in [6.45, 7) is 3.16. The van der Waals surface area contributed by atoms with Gasteiger partial charge in [-0.05, 0) is 13.3 Å². The predicted molar refractivity (Wildman–Crippen MR) is 52.4 cm³/mol. The molecule has 0 radical (unpaired) electrons. The lowest BCUT2D eigenvalue weighted by atomic mass is 9.99. The number of amides is 1. The Morgan fingerprint density at radius 1 is 1.67 bits per heavy atom. The average Bonchev–Trinajstić information content (AvgIpc) is 2.70. The van der Waals surface area contributed by atoms with Crippen molar-refractivity contribution in [2.75, 3.05) is 0 Å². The smallest absolute Gasteiger partial charge is 0.329 e. The van der Waals surface area contributed by atoms with Crippen LogP contribution in [0.1, 0.15) is 30.8 Å². The standard InChI is InChI=1S/C9H13N3O3/c1-3-9(2,8(14)15)12-7(13)6-4-10-5-11-6/h4-5H,3H2,1-2H3,(H,10,11)(H,12,13)(H,14,15). The van der Waals surface area contributed by atoms with Crippen molar-refractivity contribution < 1.29 is 14.7 Å². The van der Waals surface area contributed by atoms with E-state index in [9.17, 15) is 9.59 Å². The SMILES string of the molecule is CCC(C)(NC(=O)c1cnc[nH]1)C(=O)O. The first-order valence-corrected chi connectivity index (χ1v) is 4.54. The molecule has 0 aliphatic rings. The van der Waals surface area contributed by atoms with E-state index in [0.29, 0.717) is 6.42 Å². The molecule has 6 heteroatoms. The van der Waals surface area contributed by atoms with E-state index < -0.39 is 17.4 Å². The zero-order chi connectivity index (χ0) is 11.5. The number of hydrogen-bond acceptors (Lipinski definition) is 3. The molecule has 1 amide bonds. The van der Waals surface area contributed by atoms with Gasteiger partial charge in [0.1, 0.15) is 11.2 Å². The van der Waals surface area contributed by atoms with E-state index in [2.05, 4.69) is 15.3 Å². The number of imidazole rings is 1. The molecule has 1 rings (SSSR count). The Morgan fingerprint density at radius 3 is 2.73 bits per heavy atom. The lowest BCUT2D eigenvalue weighted by Crippen LogP contribution is -2.51. The summed E-state index contributed by atoms with van der Waals surface area (Å²) in [6.07, 6.45) is 3.01. The number of aromatic amines is 1. The molecule has 0 aromatic carbocycles. The van der Waals surface area contributed by atoms with E-state index in [0.717, 1.165) is 0 Å². The number of aliphatic carboxylic acids is 1. The van der Waals surface area contributed by atoms with Crippen molar-refractivity contribution in [3.63, 3.8) is 0 Å².